The van der Waals surface area contributed by atoms with Crippen LogP contribution in [0.2, 0.25) is 10.0 Å². The maximum atomic E-state index is 6.09. The average Bonchev–Trinajstić information content (AvgIpc) is 3.04. The first-order chi connectivity index (χ1) is 9.69. The number of hydrogen-bond acceptors (Lipinski definition) is 3. The van der Waals surface area contributed by atoms with E-state index in [-0.39, 0.29) is 12.4 Å². The highest BCUT2D eigenvalue weighted by Crippen LogP contribution is 2.36. The standard InChI is InChI=1S/C15H20Cl2N2O.ClH/c16-12-2-1-3-13(17)14(12)20-9-8-19-7-5-15(11-19)4-6-18-10-15;/h1-3,18H,4-11H2;1H. The predicted octanol–water partition coefficient (Wildman–Crippen LogP) is 3.48. The highest BCUT2D eigenvalue weighted by molar-refractivity contribution is 6.37. The van der Waals surface area contributed by atoms with E-state index in [0.29, 0.717) is 27.8 Å². The zero-order valence-electron chi connectivity index (χ0n) is 11.9. The van der Waals surface area contributed by atoms with E-state index in [4.69, 9.17) is 27.9 Å². The van der Waals surface area contributed by atoms with Crippen LogP contribution in [-0.2, 0) is 0 Å². The van der Waals surface area contributed by atoms with Gasteiger partial charge in [0.2, 0.25) is 0 Å². The summed E-state index contributed by atoms with van der Waals surface area (Å²) in [5.41, 5.74) is 0.516. The lowest BCUT2D eigenvalue weighted by molar-refractivity contribution is 0.217. The van der Waals surface area contributed by atoms with Crippen molar-refractivity contribution < 1.29 is 4.74 Å². The first-order valence-electron chi connectivity index (χ1n) is 7.18. The molecule has 2 heterocycles. The summed E-state index contributed by atoms with van der Waals surface area (Å²) in [5.74, 6) is 0.604. The Bertz CT molecular complexity index is 458. The van der Waals surface area contributed by atoms with Crippen LogP contribution in [0.3, 0.4) is 0 Å². The number of nitrogens with one attached hydrogen (secondary N) is 1. The van der Waals surface area contributed by atoms with Gasteiger partial charge >= 0.3 is 0 Å². The Kier molecular flexibility index (Phi) is 6.04. The van der Waals surface area contributed by atoms with Gasteiger partial charge in [0.05, 0.1) is 10.0 Å². The SMILES string of the molecule is Cl.Clc1cccc(Cl)c1OCCN1CCC2(CCNC2)C1. The lowest BCUT2D eigenvalue weighted by Crippen LogP contribution is -2.31. The molecule has 0 aromatic heterocycles. The first-order valence-corrected chi connectivity index (χ1v) is 7.94. The number of halogens is 3. The third-order valence-corrected chi connectivity index (χ3v) is 5.02. The maximum absolute atomic E-state index is 6.09. The Morgan fingerprint density at radius 3 is 2.67 bits per heavy atom. The molecule has 2 fully saturated rings. The molecule has 0 aliphatic carbocycles. The van der Waals surface area contributed by atoms with E-state index in [1.54, 1.807) is 12.1 Å². The van der Waals surface area contributed by atoms with E-state index in [1.807, 2.05) is 6.07 Å². The van der Waals surface area contributed by atoms with Crippen molar-refractivity contribution in [2.24, 2.45) is 5.41 Å². The fourth-order valence-corrected chi connectivity index (χ4v) is 3.77. The maximum Gasteiger partial charge on any atom is 0.156 e. The summed E-state index contributed by atoms with van der Waals surface area (Å²) >= 11 is 12.2. The number of rotatable bonds is 4. The number of para-hydroxylation sites is 1. The third-order valence-electron chi connectivity index (χ3n) is 4.42. The van der Waals surface area contributed by atoms with Crippen molar-refractivity contribution in [2.75, 3.05) is 39.3 Å². The fraction of sp³-hybridized carbons (Fsp3) is 0.600. The van der Waals surface area contributed by atoms with Gasteiger partial charge in [-0.15, -0.1) is 12.4 Å². The summed E-state index contributed by atoms with van der Waals surface area (Å²) < 4.78 is 5.76. The molecule has 21 heavy (non-hydrogen) atoms. The van der Waals surface area contributed by atoms with Crippen molar-refractivity contribution in [1.29, 1.82) is 0 Å². The molecule has 118 valence electrons. The summed E-state index contributed by atoms with van der Waals surface area (Å²) in [7, 11) is 0. The molecule has 0 radical (unpaired) electrons. The Labute approximate surface area is 142 Å². The average molecular weight is 352 g/mol. The fourth-order valence-electron chi connectivity index (χ4n) is 3.26. The lowest BCUT2D eigenvalue weighted by Gasteiger charge is -2.22. The quantitative estimate of drug-likeness (QED) is 0.899. The molecule has 1 spiro atoms. The molecule has 1 aromatic rings. The third kappa shape index (κ3) is 3.96. The highest BCUT2D eigenvalue weighted by Gasteiger charge is 2.39. The highest BCUT2D eigenvalue weighted by atomic mass is 35.5. The van der Waals surface area contributed by atoms with Gasteiger partial charge in [0, 0.05) is 19.6 Å². The van der Waals surface area contributed by atoms with E-state index in [1.165, 1.54) is 39.0 Å². The number of nitrogens with zero attached hydrogens (tertiary/aromatic N) is 1. The van der Waals surface area contributed by atoms with Gasteiger partial charge in [-0.3, -0.25) is 4.90 Å². The molecule has 1 unspecified atom stereocenters. The van der Waals surface area contributed by atoms with Gasteiger partial charge in [-0.1, -0.05) is 29.3 Å². The smallest absolute Gasteiger partial charge is 0.156 e. The normalized spacial score (nSPS) is 25.2. The lowest BCUT2D eigenvalue weighted by atomic mass is 9.87. The van der Waals surface area contributed by atoms with Gasteiger partial charge in [-0.05, 0) is 43.5 Å². The molecule has 6 heteroatoms. The Hall–Kier alpha value is -0.190. The minimum Gasteiger partial charge on any atom is -0.489 e. The van der Waals surface area contributed by atoms with Gasteiger partial charge in [0.15, 0.2) is 5.75 Å². The van der Waals surface area contributed by atoms with Crippen molar-refractivity contribution >= 4 is 35.6 Å². The molecule has 3 nitrogen and oxygen atoms in total. The first kappa shape index (κ1) is 17.2. The van der Waals surface area contributed by atoms with E-state index in [0.717, 1.165) is 6.54 Å². The van der Waals surface area contributed by atoms with Crippen molar-refractivity contribution in [2.45, 2.75) is 12.8 Å². The number of ether oxygens (including phenoxy) is 1. The summed E-state index contributed by atoms with van der Waals surface area (Å²) in [5, 5.41) is 4.64. The monoisotopic (exact) mass is 350 g/mol. The number of hydrogen-bond donors (Lipinski definition) is 1. The number of benzene rings is 1. The van der Waals surface area contributed by atoms with Crippen molar-refractivity contribution in [3.63, 3.8) is 0 Å². The molecule has 1 atom stereocenters. The van der Waals surface area contributed by atoms with Crippen LogP contribution in [-0.4, -0.2) is 44.2 Å². The van der Waals surface area contributed by atoms with Crippen molar-refractivity contribution in [3.8, 4) is 5.75 Å². The summed E-state index contributed by atoms with van der Waals surface area (Å²) in [6.07, 6.45) is 2.60. The van der Waals surface area contributed by atoms with Crippen LogP contribution in [0.4, 0.5) is 0 Å². The molecule has 0 bridgehead atoms. The van der Waals surface area contributed by atoms with Crippen LogP contribution in [0, 0.1) is 5.41 Å². The van der Waals surface area contributed by atoms with E-state index < -0.39 is 0 Å². The minimum absolute atomic E-state index is 0. The summed E-state index contributed by atoms with van der Waals surface area (Å²) in [4.78, 5) is 2.48. The molecular weight excluding hydrogens is 331 g/mol. The largest absolute Gasteiger partial charge is 0.489 e. The van der Waals surface area contributed by atoms with E-state index in [9.17, 15) is 0 Å². The molecule has 2 aliphatic rings. The zero-order chi connectivity index (χ0) is 14.0. The zero-order valence-corrected chi connectivity index (χ0v) is 14.2. The van der Waals surface area contributed by atoms with Crippen molar-refractivity contribution in [3.05, 3.63) is 28.2 Å². The van der Waals surface area contributed by atoms with Crippen molar-refractivity contribution in [1.82, 2.24) is 10.2 Å². The second-order valence-corrected chi connectivity index (χ2v) is 6.67. The molecule has 1 N–H and O–H groups in total. The topological polar surface area (TPSA) is 24.5 Å². The molecule has 0 saturated carbocycles. The Morgan fingerprint density at radius 2 is 2.00 bits per heavy atom. The van der Waals surface area contributed by atoms with Gasteiger partial charge in [0.25, 0.3) is 0 Å². The van der Waals surface area contributed by atoms with Crippen LogP contribution in [0.15, 0.2) is 18.2 Å². The second-order valence-electron chi connectivity index (χ2n) is 5.85. The molecule has 3 rings (SSSR count). The molecule has 1 aromatic carbocycles. The summed E-state index contributed by atoms with van der Waals surface area (Å²) in [6, 6.07) is 5.43. The van der Waals surface area contributed by atoms with Gasteiger partial charge in [-0.2, -0.15) is 0 Å². The van der Waals surface area contributed by atoms with E-state index >= 15 is 0 Å². The molecule has 2 aliphatic heterocycles. The molecule has 2 saturated heterocycles. The summed E-state index contributed by atoms with van der Waals surface area (Å²) in [6.45, 7) is 6.25. The van der Waals surface area contributed by atoms with Crippen LogP contribution in [0.5, 0.6) is 5.75 Å². The molecular formula is C15H21Cl3N2O. The van der Waals surface area contributed by atoms with Crippen LogP contribution >= 0.6 is 35.6 Å². The van der Waals surface area contributed by atoms with Gasteiger partial charge in [-0.25, -0.2) is 0 Å². The Morgan fingerprint density at radius 1 is 1.24 bits per heavy atom. The minimum atomic E-state index is 0. The van der Waals surface area contributed by atoms with E-state index in [2.05, 4.69) is 10.2 Å². The van der Waals surface area contributed by atoms with Gasteiger partial charge < -0.3 is 10.1 Å². The second kappa shape index (κ2) is 7.38. The van der Waals surface area contributed by atoms with Gasteiger partial charge in [0.1, 0.15) is 6.61 Å². The van der Waals surface area contributed by atoms with Crippen LogP contribution < -0.4 is 10.1 Å². The predicted molar refractivity (Wildman–Crippen MR) is 90.2 cm³/mol. The Balaban J connectivity index is 0.00000161. The van der Waals surface area contributed by atoms with Crippen LogP contribution in [0.25, 0.3) is 0 Å². The number of likely N-dealkylation sites (tertiary alicyclic amines) is 1. The van der Waals surface area contributed by atoms with Crippen LogP contribution in [0.1, 0.15) is 12.8 Å². The molecule has 0 amide bonds.